The highest BCUT2D eigenvalue weighted by atomic mass is 15.2. The van der Waals surface area contributed by atoms with Crippen LogP contribution in [0.5, 0.6) is 0 Å². The lowest BCUT2D eigenvalue weighted by Gasteiger charge is -2.08. The second-order valence-corrected chi connectivity index (χ2v) is 4.32. The minimum absolute atomic E-state index is 0.806. The van der Waals surface area contributed by atoms with E-state index in [2.05, 4.69) is 25.7 Å². The zero-order valence-corrected chi connectivity index (χ0v) is 11.6. The monoisotopic (exact) mass is 260 g/mol. The molecule has 0 radical (unpaired) electrons. The first-order chi connectivity index (χ1) is 9.21. The first-order valence-electron chi connectivity index (χ1n) is 6.49. The van der Waals surface area contributed by atoms with Crippen molar-refractivity contribution in [3.8, 4) is 0 Å². The van der Waals surface area contributed by atoms with Crippen molar-refractivity contribution in [3.05, 3.63) is 29.8 Å². The van der Waals surface area contributed by atoms with Crippen LogP contribution in [0.15, 0.2) is 18.3 Å². The maximum absolute atomic E-state index is 4.45. The SMILES string of the molecule is CCc1nc(NC)cc(NCCc2ccn(C)n2)n1. The standard InChI is InChI=1S/C13H20N6/c1-4-11-16-12(14-2)9-13(17-11)15-7-5-10-6-8-19(3)18-10/h6,8-9H,4-5,7H2,1-3H3,(H2,14,15,16,17). The fourth-order valence-electron chi connectivity index (χ4n) is 1.79. The van der Waals surface area contributed by atoms with Gasteiger partial charge >= 0.3 is 0 Å². The lowest BCUT2D eigenvalue weighted by Crippen LogP contribution is -2.09. The number of aryl methyl sites for hydroxylation is 2. The van der Waals surface area contributed by atoms with Gasteiger partial charge in [-0.05, 0) is 6.07 Å². The van der Waals surface area contributed by atoms with Crippen LogP contribution >= 0.6 is 0 Å². The van der Waals surface area contributed by atoms with E-state index in [-0.39, 0.29) is 0 Å². The largest absolute Gasteiger partial charge is 0.373 e. The first-order valence-corrected chi connectivity index (χ1v) is 6.49. The van der Waals surface area contributed by atoms with E-state index in [0.29, 0.717) is 0 Å². The molecule has 0 aromatic carbocycles. The van der Waals surface area contributed by atoms with E-state index in [0.717, 1.165) is 42.5 Å². The summed E-state index contributed by atoms with van der Waals surface area (Å²) in [5, 5.41) is 10.7. The van der Waals surface area contributed by atoms with Gasteiger partial charge in [-0.2, -0.15) is 5.10 Å². The van der Waals surface area contributed by atoms with E-state index >= 15 is 0 Å². The van der Waals surface area contributed by atoms with Crippen molar-refractivity contribution in [2.24, 2.45) is 7.05 Å². The third kappa shape index (κ3) is 3.67. The highest BCUT2D eigenvalue weighted by molar-refractivity contribution is 5.47. The summed E-state index contributed by atoms with van der Waals surface area (Å²) in [5.74, 6) is 2.53. The van der Waals surface area contributed by atoms with Crippen LogP contribution < -0.4 is 10.6 Å². The molecule has 0 unspecified atom stereocenters. The van der Waals surface area contributed by atoms with E-state index < -0.39 is 0 Å². The molecule has 2 rings (SSSR count). The Morgan fingerprint density at radius 3 is 2.68 bits per heavy atom. The molecule has 2 N–H and O–H groups in total. The van der Waals surface area contributed by atoms with Gasteiger partial charge in [0.25, 0.3) is 0 Å². The highest BCUT2D eigenvalue weighted by Gasteiger charge is 2.02. The maximum atomic E-state index is 4.45. The fourth-order valence-corrected chi connectivity index (χ4v) is 1.79. The van der Waals surface area contributed by atoms with E-state index in [1.54, 1.807) is 0 Å². The molecule has 0 atom stereocenters. The molecular weight excluding hydrogens is 240 g/mol. The zero-order valence-electron chi connectivity index (χ0n) is 11.6. The lowest BCUT2D eigenvalue weighted by molar-refractivity contribution is 0.741. The molecule has 2 heterocycles. The Balaban J connectivity index is 1.95. The van der Waals surface area contributed by atoms with E-state index in [1.165, 1.54) is 0 Å². The van der Waals surface area contributed by atoms with Crippen molar-refractivity contribution in [1.82, 2.24) is 19.7 Å². The van der Waals surface area contributed by atoms with Gasteiger partial charge in [-0.3, -0.25) is 4.68 Å². The number of rotatable bonds is 6. The van der Waals surface area contributed by atoms with Crippen molar-refractivity contribution in [2.75, 3.05) is 24.2 Å². The lowest BCUT2D eigenvalue weighted by atomic mass is 10.3. The van der Waals surface area contributed by atoms with Crippen molar-refractivity contribution < 1.29 is 0 Å². The zero-order chi connectivity index (χ0) is 13.7. The topological polar surface area (TPSA) is 67.7 Å². The molecule has 0 fully saturated rings. The van der Waals surface area contributed by atoms with Crippen LogP contribution in [0.3, 0.4) is 0 Å². The van der Waals surface area contributed by atoms with Crippen molar-refractivity contribution in [3.63, 3.8) is 0 Å². The van der Waals surface area contributed by atoms with Gasteiger partial charge < -0.3 is 10.6 Å². The number of hydrogen-bond acceptors (Lipinski definition) is 5. The van der Waals surface area contributed by atoms with Gasteiger partial charge in [-0.15, -0.1) is 0 Å². The van der Waals surface area contributed by atoms with Gasteiger partial charge in [0.1, 0.15) is 17.5 Å². The van der Waals surface area contributed by atoms with Gasteiger partial charge in [0.2, 0.25) is 0 Å². The molecule has 0 amide bonds. The Kier molecular flexibility index (Phi) is 4.33. The van der Waals surface area contributed by atoms with Crippen LogP contribution in [-0.4, -0.2) is 33.3 Å². The Bertz CT molecular complexity index is 511. The summed E-state index contributed by atoms with van der Waals surface area (Å²) >= 11 is 0. The van der Waals surface area contributed by atoms with Gasteiger partial charge in [0, 0.05) is 45.7 Å². The van der Waals surface area contributed by atoms with E-state index in [9.17, 15) is 0 Å². The number of nitrogens with one attached hydrogen (secondary N) is 2. The molecule has 0 saturated heterocycles. The van der Waals surface area contributed by atoms with Crippen LogP contribution in [0, 0.1) is 0 Å². The minimum atomic E-state index is 0.806. The average Bonchev–Trinajstić information content (AvgIpc) is 2.84. The summed E-state index contributed by atoms with van der Waals surface area (Å²) in [7, 11) is 3.79. The summed E-state index contributed by atoms with van der Waals surface area (Å²) in [6, 6.07) is 3.94. The summed E-state index contributed by atoms with van der Waals surface area (Å²) in [4.78, 5) is 8.81. The minimum Gasteiger partial charge on any atom is -0.373 e. The normalized spacial score (nSPS) is 10.5. The van der Waals surface area contributed by atoms with E-state index in [1.807, 2.05) is 44.0 Å². The second kappa shape index (κ2) is 6.17. The van der Waals surface area contributed by atoms with Crippen LogP contribution in [0.4, 0.5) is 11.6 Å². The summed E-state index contributed by atoms with van der Waals surface area (Å²) < 4.78 is 1.81. The summed E-state index contributed by atoms with van der Waals surface area (Å²) in [6.45, 7) is 2.85. The molecule has 2 aromatic heterocycles. The maximum Gasteiger partial charge on any atom is 0.132 e. The molecule has 102 valence electrons. The number of anilines is 2. The summed E-state index contributed by atoms with van der Waals surface area (Å²) in [6.07, 6.45) is 3.65. The smallest absolute Gasteiger partial charge is 0.132 e. The molecule has 19 heavy (non-hydrogen) atoms. The van der Waals surface area contributed by atoms with Crippen LogP contribution in [0.2, 0.25) is 0 Å². The second-order valence-electron chi connectivity index (χ2n) is 4.32. The Morgan fingerprint density at radius 2 is 2.05 bits per heavy atom. The predicted octanol–water partition coefficient (Wildman–Crippen LogP) is 1.47. The quantitative estimate of drug-likeness (QED) is 0.823. The molecule has 0 saturated carbocycles. The molecule has 0 aliphatic heterocycles. The molecule has 0 spiro atoms. The molecule has 6 heteroatoms. The average molecular weight is 260 g/mol. The van der Waals surface area contributed by atoms with Crippen molar-refractivity contribution >= 4 is 11.6 Å². The summed E-state index contributed by atoms with van der Waals surface area (Å²) in [5.41, 5.74) is 1.08. The van der Waals surface area contributed by atoms with Crippen LogP contribution in [0.1, 0.15) is 18.4 Å². The Morgan fingerprint density at radius 1 is 1.26 bits per heavy atom. The predicted molar refractivity (Wildman–Crippen MR) is 76.4 cm³/mol. The van der Waals surface area contributed by atoms with Gasteiger partial charge in [0.05, 0.1) is 5.69 Å². The van der Waals surface area contributed by atoms with Gasteiger partial charge in [-0.25, -0.2) is 9.97 Å². The third-order valence-electron chi connectivity index (χ3n) is 2.80. The highest BCUT2D eigenvalue weighted by Crippen LogP contribution is 2.11. The molecular formula is C13H20N6. The van der Waals surface area contributed by atoms with Crippen LogP contribution in [-0.2, 0) is 19.9 Å². The van der Waals surface area contributed by atoms with E-state index in [4.69, 9.17) is 0 Å². The molecule has 0 aliphatic carbocycles. The molecule has 2 aromatic rings. The molecule has 6 nitrogen and oxygen atoms in total. The van der Waals surface area contributed by atoms with Gasteiger partial charge in [0.15, 0.2) is 0 Å². The first kappa shape index (κ1) is 13.3. The number of aromatic nitrogens is 4. The van der Waals surface area contributed by atoms with Crippen molar-refractivity contribution in [1.29, 1.82) is 0 Å². The fraction of sp³-hybridized carbons (Fsp3) is 0.462. The third-order valence-corrected chi connectivity index (χ3v) is 2.80. The molecule has 0 bridgehead atoms. The Labute approximate surface area is 113 Å². The Hall–Kier alpha value is -2.11. The van der Waals surface area contributed by atoms with Gasteiger partial charge in [-0.1, -0.05) is 6.92 Å². The van der Waals surface area contributed by atoms with Crippen molar-refractivity contribution in [2.45, 2.75) is 19.8 Å². The van der Waals surface area contributed by atoms with Crippen LogP contribution in [0.25, 0.3) is 0 Å². The molecule has 0 aliphatic rings. The number of hydrogen-bond donors (Lipinski definition) is 2. The number of nitrogens with zero attached hydrogens (tertiary/aromatic N) is 4.